The maximum atomic E-state index is 12.7. The van der Waals surface area contributed by atoms with Crippen LogP contribution in [0.25, 0.3) is 0 Å². The molecule has 1 saturated carbocycles. The normalized spacial score (nSPS) is 22.2. The molecule has 0 bridgehead atoms. The van der Waals surface area contributed by atoms with Crippen molar-refractivity contribution < 1.29 is 32.0 Å². The molecule has 1 aliphatic heterocycles. The Bertz CT molecular complexity index is 1090. The van der Waals surface area contributed by atoms with E-state index in [9.17, 15) is 13.2 Å². The van der Waals surface area contributed by atoms with E-state index < -0.39 is 28.8 Å². The Morgan fingerprint density at radius 2 is 1.97 bits per heavy atom. The van der Waals surface area contributed by atoms with E-state index in [4.69, 9.17) is 24.0 Å². The van der Waals surface area contributed by atoms with Crippen molar-refractivity contribution in [1.29, 1.82) is 5.26 Å². The molecule has 1 heterocycles. The number of ether oxygens (including phenoxy) is 2. The first kappa shape index (κ1) is 19.2. The number of carbonyl (C=O) groups is 1. The summed E-state index contributed by atoms with van der Waals surface area (Å²) >= 11 is 0. The van der Waals surface area contributed by atoms with Crippen LogP contribution < -0.4 is 9.47 Å². The van der Waals surface area contributed by atoms with Gasteiger partial charge in [0.15, 0.2) is 18.1 Å². The Morgan fingerprint density at radius 1 is 1.21 bits per heavy atom. The molecule has 0 saturated heterocycles. The minimum atomic E-state index is -4.02. The Labute approximate surface area is 167 Å². The van der Waals surface area contributed by atoms with Crippen molar-refractivity contribution in [2.24, 2.45) is 0 Å². The predicted octanol–water partition coefficient (Wildman–Crippen LogP) is 2.43. The van der Waals surface area contributed by atoms with Crippen LogP contribution >= 0.6 is 0 Å². The van der Waals surface area contributed by atoms with Gasteiger partial charge in [-0.2, -0.15) is 13.7 Å². The van der Waals surface area contributed by atoms with Gasteiger partial charge < -0.3 is 14.6 Å². The van der Waals surface area contributed by atoms with E-state index in [1.54, 1.807) is 12.1 Å². The van der Waals surface area contributed by atoms with Crippen molar-refractivity contribution in [2.45, 2.75) is 35.9 Å². The largest absolute Gasteiger partial charge is 0.485 e. The zero-order chi connectivity index (χ0) is 20.6. The van der Waals surface area contributed by atoms with Crippen LogP contribution in [-0.4, -0.2) is 38.3 Å². The molecule has 2 aromatic carbocycles. The van der Waals surface area contributed by atoms with Crippen LogP contribution in [0.3, 0.4) is 0 Å². The number of rotatable bonds is 6. The predicted molar refractivity (Wildman–Crippen MR) is 99.2 cm³/mol. The molecule has 0 aromatic heterocycles. The average molecular weight is 415 g/mol. The minimum absolute atomic E-state index is 0.0161. The Balaban J connectivity index is 1.57. The quantitative estimate of drug-likeness (QED) is 0.714. The fourth-order valence-corrected chi connectivity index (χ4v) is 4.93. The van der Waals surface area contributed by atoms with Crippen molar-refractivity contribution in [3.63, 3.8) is 0 Å². The summed E-state index contributed by atoms with van der Waals surface area (Å²) in [7, 11) is -4.02. The lowest BCUT2D eigenvalue weighted by molar-refractivity contribution is -0.139. The molecule has 29 heavy (non-hydrogen) atoms. The van der Waals surface area contributed by atoms with E-state index in [0.29, 0.717) is 29.9 Å². The summed E-state index contributed by atoms with van der Waals surface area (Å²) in [6.07, 6.45) is 0.229. The molecule has 0 radical (unpaired) electrons. The van der Waals surface area contributed by atoms with Crippen molar-refractivity contribution in [3.05, 3.63) is 53.6 Å². The van der Waals surface area contributed by atoms with Crippen LogP contribution in [0.4, 0.5) is 0 Å². The summed E-state index contributed by atoms with van der Waals surface area (Å²) in [5.41, 5.74) is 1.10. The summed E-state index contributed by atoms with van der Waals surface area (Å²) in [6, 6.07) is 12.6. The molecule has 150 valence electrons. The SMILES string of the molecule is N#Cc1ccc(S(=O)(=O)OC2CCC3Oc4c(OCC(=O)O)cccc4C32)cc1. The zero-order valence-corrected chi connectivity index (χ0v) is 16.0. The lowest BCUT2D eigenvalue weighted by Crippen LogP contribution is -2.24. The highest BCUT2D eigenvalue weighted by molar-refractivity contribution is 7.86. The van der Waals surface area contributed by atoms with Gasteiger partial charge in [-0.3, -0.25) is 4.18 Å². The number of carboxylic acids is 1. The highest BCUT2D eigenvalue weighted by atomic mass is 32.2. The second-order valence-electron chi connectivity index (χ2n) is 6.84. The van der Waals surface area contributed by atoms with E-state index in [-0.39, 0.29) is 16.9 Å². The van der Waals surface area contributed by atoms with Crippen LogP contribution in [0, 0.1) is 11.3 Å². The van der Waals surface area contributed by atoms with Gasteiger partial charge in [0.2, 0.25) is 0 Å². The second-order valence-corrected chi connectivity index (χ2v) is 8.41. The molecule has 9 heteroatoms. The molecule has 1 N–H and O–H groups in total. The summed E-state index contributed by atoms with van der Waals surface area (Å²) in [5, 5.41) is 17.7. The molecular formula is C20H17NO7S. The lowest BCUT2D eigenvalue weighted by Gasteiger charge is -2.18. The van der Waals surface area contributed by atoms with Crippen LogP contribution in [-0.2, 0) is 19.1 Å². The van der Waals surface area contributed by atoms with Crippen LogP contribution in [0.5, 0.6) is 11.5 Å². The molecule has 2 aliphatic rings. The van der Waals surface area contributed by atoms with Gasteiger partial charge in [-0.05, 0) is 43.2 Å². The van der Waals surface area contributed by atoms with E-state index in [2.05, 4.69) is 0 Å². The van der Waals surface area contributed by atoms with E-state index in [1.165, 1.54) is 24.3 Å². The number of nitrogens with zero attached hydrogens (tertiary/aromatic N) is 1. The molecule has 4 rings (SSSR count). The topological polar surface area (TPSA) is 123 Å². The molecular weight excluding hydrogens is 398 g/mol. The van der Waals surface area contributed by atoms with Crippen LogP contribution in [0.15, 0.2) is 47.4 Å². The molecule has 1 aliphatic carbocycles. The summed E-state index contributed by atoms with van der Waals surface area (Å²) in [4.78, 5) is 10.8. The van der Waals surface area contributed by atoms with Gasteiger partial charge in [-0.1, -0.05) is 12.1 Å². The number of hydrogen-bond donors (Lipinski definition) is 1. The number of nitriles is 1. The zero-order valence-electron chi connectivity index (χ0n) is 15.1. The first-order valence-corrected chi connectivity index (χ1v) is 10.4. The number of para-hydroxylation sites is 1. The Hall–Kier alpha value is -3.09. The number of hydrogen-bond acceptors (Lipinski definition) is 7. The monoisotopic (exact) mass is 415 g/mol. The van der Waals surface area contributed by atoms with E-state index >= 15 is 0 Å². The number of benzene rings is 2. The molecule has 0 spiro atoms. The molecule has 0 amide bonds. The van der Waals surface area contributed by atoms with Gasteiger partial charge in [0.25, 0.3) is 10.1 Å². The minimum Gasteiger partial charge on any atom is -0.485 e. The van der Waals surface area contributed by atoms with Crippen molar-refractivity contribution >= 4 is 16.1 Å². The van der Waals surface area contributed by atoms with Gasteiger partial charge in [0.05, 0.1) is 28.6 Å². The third kappa shape index (κ3) is 3.64. The number of aliphatic carboxylic acids is 1. The van der Waals surface area contributed by atoms with Crippen molar-refractivity contribution in [2.75, 3.05) is 6.61 Å². The fraction of sp³-hybridized carbons (Fsp3) is 0.300. The molecule has 2 aromatic rings. The molecule has 8 nitrogen and oxygen atoms in total. The lowest BCUT2D eigenvalue weighted by atomic mass is 9.95. The van der Waals surface area contributed by atoms with Crippen molar-refractivity contribution in [1.82, 2.24) is 0 Å². The van der Waals surface area contributed by atoms with Crippen LogP contribution in [0.2, 0.25) is 0 Å². The third-order valence-corrected chi connectivity index (χ3v) is 6.40. The number of carboxylic acid groups (broad SMARTS) is 1. The van der Waals surface area contributed by atoms with Gasteiger partial charge >= 0.3 is 5.97 Å². The summed E-state index contributed by atoms with van der Waals surface area (Å²) < 4.78 is 42.2. The first-order valence-electron chi connectivity index (χ1n) is 8.96. The van der Waals surface area contributed by atoms with Crippen LogP contribution in [0.1, 0.15) is 29.9 Å². The second kappa shape index (κ2) is 7.39. The Morgan fingerprint density at radius 3 is 2.66 bits per heavy atom. The maximum Gasteiger partial charge on any atom is 0.341 e. The van der Waals surface area contributed by atoms with Gasteiger partial charge in [-0.15, -0.1) is 0 Å². The van der Waals surface area contributed by atoms with Gasteiger partial charge in [0, 0.05) is 5.56 Å². The highest BCUT2D eigenvalue weighted by Crippen LogP contribution is 2.52. The van der Waals surface area contributed by atoms with E-state index in [1.807, 2.05) is 12.1 Å². The number of fused-ring (bicyclic) bond motifs is 3. The molecule has 3 unspecified atom stereocenters. The highest BCUT2D eigenvalue weighted by Gasteiger charge is 2.48. The fourth-order valence-electron chi connectivity index (χ4n) is 3.81. The smallest absolute Gasteiger partial charge is 0.341 e. The average Bonchev–Trinajstić information content (AvgIpc) is 3.26. The third-order valence-electron chi connectivity index (χ3n) is 5.05. The summed E-state index contributed by atoms with van der Waals surface area (Å²) in [5.74, 6) is -0.650. The first-order chi connectivity index (χ1) is 13.9. The molecule has 1 fully saturated rings. The molecule has 3 atom stereocenters. The standard InChI is InChI=1S/C20H17NO7S/c21-10-12-4-6-13(7-5-12)29(24,25)28-16-9-8-15-19(16)14-2-1-3-17(20(14)27-15)26-11-18(22)23/h1-7,15-16,19H,8-9,11H2,(H,22,23). The van der Waals surface area contributed by atoms with Gasteiger partial charge in [-0.25, -0.2) is 4.79 Å². The van der Waals surface area contributed by atoms with E-state index in [0.717, 1.165) is 5.56 Å². The van der Waals surface area contributed by atoms with Gasteiger partial charge in [0.1, 0.15) is 6.10 Å². The summed E-state index contributed by atoms with van der Waals surface area (Å²) in [6.45, 7) is -0.498. The Kier molecular flexibility index (Phi) is 4.90. The van der Waals surface area contributed by atoms with Crippen molar-refractivity contribution in [3.8, 4) is 17.6 Å². The maximum absolute atomic E-state index is 12.7.